The van der Waals surface area contributed by atoms with E-state index in [-0.39, 0.29) is 12.7 Å². The Morgan fingerprint density at radius 2 is 2.24 bits per heavy atom. The Morgan fingerprint density at radius 1 is 1.43 bits per heavy atom. The molecule has 2 rings (SSSR count). The Hall–Kier alpha value is -0.940. The Balaban J connectivity index is 1.92. The molecule has 2 atom stereocenters. The predicted octanol–water partition coefficient (Wildman–Crippen LogP) is 1.73. The van der Waals surface area contributed by atoms with Crippen LogP contribution in [0.25, 0.3) is 0 Å². The number of nitrogens with one attached hydrogen (secondary N) is 1. The molecule has 0 radical (unpaired) electrons. The smallest absolute Gasteiger partial charge is 0.0932 e. The van der Waals surface area contributed by atoms with Crippen molar-refractivity contribution in [2.24, 2.45) is 0 Å². The number of aryl methyl sites for hydroxylation is 1. The summed E-state index contributed by atoms with van der Waals surface area (Å²) in [6.45, 7) is 8.98. The molecule has 1 aliphatic heterocycles. The molecule has 21 heavy (non-hydrogen) atoms. The van der Waals surface area contributed by atoms with Crippen molar-refractivity contribution in [3.8, 4) is 0 Å². The molecular formula is C17H28N2O2. The van der Waals surface area contributed by atoms with Crippen molar-refractivity contribution < 1.29 is 9.84 Å². The van der Waals surface area contributed by atoms with Crippen LogP contribution in [0, 0.1) is 6.92 Å². The number of aliphatic hydroxyl groups excluding tert-OH is 1. The zero-order valence-electron chi connectivity index (χ0n) is 13.2. The maximum atomic E-state index is 9.22. The second kappa shape index (κ2) is 8.49. The van der Waals surface area contributed by atoms with E-state index >= 15 is 0 Å². The molecule has 0 aliphatic carbocycles. The number of hydrogen-bond donors (Lipinski definition) is 2. The third kappa shape index (κ3) is 4.78. The van der Waals surface area contributed by atoms with Crippen LogP contribution in [0.5, 0.6) is 0 Å². The quantitative estimate of drug-likeness (QED) is 0.803. The molecule has 1 aromatic rings. The molecule has 1 aromatic carbocycles. The van der Waals surface area contributed by atoms with Gasteiger partial charge in [-0.2, -0.15) is 0 Å². The molecule has 0 spiro atoms. The van der Waals surface area contributed by atoms with Gasteiger partial charge in [0, 0.05) is 25.7 Å². The van der Waals surface area contributed by atoms with Crippen LogP contribution in [0.4, 0.5) is 0 Å². The van der Waals surface area contributed by atoms with Gasteiger partial charge in [-0.25, -0.2) is 0 Å². The Kier molecular flexibility index (Phi) is 6.64. The van der Waals surface area contributed by atoms with Crippen LogP contribution >= 0.6 is 0 Å². The highest BCUT2D eigenvalue weighted by Crippen LogP contribution is 2.21. The summed E-state index contributed by atoms with van der Waals surface area (Å²) in [5.74, 6) is 0. The molecule has 0 amide bonds. The van der Waals surface area contributed by atoms with Crippen LogP contribution in [0.2, 0.25) is 0 Å². The first-order valence-corrected chi connectivity index (χ1v) is 7.98. The van der Waals surface area contributed by atoms with E-state index < -0.39 is 0 Å². The number of nitrogens with zero attached hydrogens (tertiary/aromatic N) is 1. The van der Waals surface area contributed by atoms with Crippen molar-refractivity contribution in [2.45, 2.75) is 32.4 Å². The summed E-state index contributed by atoms with van der Waals surface area (Å²) in [5.41, 5.74) is 2.74. The number of aliphatic hydroxyl groups is 1. The van der Waals surface area contributed by atoms with Gasteiger partial charge in [0.2, 0.25) is 0 Å². The highest BCUT2D eigenvalue weighted by atomic mass is 16.5. The number of hydrogen-bond acceptors (Lipinski definition) is 4. The zero-order valence-corrected chi connectivity index (χ0v) is 13.2. The van der Waals surface area contributed by atoms with E-state index in [4.69, 9.17) is 4.74 Å². The van der Waals surface area contributed by atoms with Crippen LogP contribution in [0.3, 0.4) is 0 Å². The lowest BCUT2D eigenvalue weighted by Gasteiger charge is -2.33. The third-order valence-corrected chi connectivity index (χ3v) is 4.17. The lowest BCUT2D eigenvalue weighted by atomic mass is 9.98. The highest BCUT2D eigenvalue weighted by Gasteiger charge is 2.21. The molecule has 4 nitrogen and oxygen atoms in total. The van der Waals surface area contributed by atoms with Gasteiger partial charge in [0.15, 0.2) is 0 Å². The minimum atomic E-state index is -0.0187. The standard InChI is InChI=1S/C17H28N2O2/c1-3-18-17(16-7-5-4-6-14(16)2)8-9-19-10-11-21-15(12-19)13-20/h4-7,15,17-18,20H,3,8-13H2,1-2H3. The first-order chi connectivity index (χ1) is 10.2. The van der Waals surface area contributed by atoms with E-state index in [0.717, 1.165) is 39.2 Å². The van der Waals surface area contributed by atoms with E-state index in [1.807, 2.05) is 0 Å². The van der Waals surface area contributed by atoms with Gasteiger partial charge in [-0.1, -0.05) is 31.2 Å². The molecule has 2 unspecified atom stereocenters. The van der Waals surface area contributed by atoms with Gasteiger partial charge < -0.3 is 15.2 Å². The number of morpholine rings is 1. The minimum absolute atomic E-state index is 0.0187. The molecule has 0 saturated carbocycles. The van der Waals surface area contributed by atoms with Crippen molar-refractivity contribution in [1.82, 2.24) is 10.2 Å². The Bertz CT molecular complexity index is 425. The molecule has 4 heteroatoms. The van der Waals surface area contributed by atoms with Crippen LogP contribution in [-0.2, 0) is 4.74 Å². The molecule has 1 fully saturated rings. The number of rotatable bonds is 7. The molecule has 2 N–H and O–H groups in total. The van der Waals surface area contributed by atoms with Gasteiger partial charge in [0.25, 0.3) is 0 Å². The van der Waals surface area contributed by atoms with Gasteiger partial charge in [-0.05, 0) is 31.0 Å². The fourth-order valence-corrected chi connectivity index (χ4v) is 3.00. The van der Waals surface area contributed by atoms with Crippen LogP contribution < -0.4 is 5.32 Å². The summed E-state index contributed by atoms with van der Waals surface area (Å²) in [7, 11) is 0. The summed E-state index contributed by atoms with van der Waals surface area (Å²) in [6, 6.07) is 9.00. The SMILES string of the molecule is CCNC(CCN1CCOC(CO)C1)c1ccccc1C. The molecule has 1 heterocycles. The van der Waals surface area contributed by atoms with Gasteiger partial charge in [-0.3, -0.25) is 4.90 Å². The molecule has 1 aliphatic rings. The molecule has 0 bridgehead atoms. The first kappa shape index (κ1) is 16.4. The Labute approximate surface area is 128 Å². The fourth-order valence-electron chi connectivity index (χ4n) is 3.00. The second-order valence-electron chi connectivity index (χ2n) is 5.73. The van der Waals surface area contributed by atoms with E-state index in [0.29, 0.717) is 6.04 Å². The average Bonchev–Trinajstić information content (AvgIpc) is 2.52. The summed E-state index contributed by atoms with van der Waals surface area (Å²) in [5, 5.41) is 12.8. The van der Waals surface area contributed by atoms with Crippen molar-refractivity contribution >= 4 is 0 Å². The first-order valence-electron chi connectivity index (χ1n) is 7.98. The molecular weight excluding hydrogens is 264 g/mol. The van der Waals surface area contributed by atoms with Gasteiger partial charge >= 0.3 is 0 Å². The van der Waals surface area contributed by atoms with E-state index in [9.17, 15) is 5.11 Å². The number of benzene rings is 1. The summed E-state index contributed by atoms with van der Waals surface area (Å²) in [4.78, 5) is 2.40. The van der Waals surface area contributed by atoms with Crippen molar-refractivity contribution in [3.63, 3.8) is 0 Å². The third-order valence-electron chi connectivity index (χ3n) is 4.17. The molecule has 0 aromatic heterocycles. The number of ether oxygens (including phenoxy) is 1. The second-order valence-corrected chi connectivity index (χ2v) is 5.73. The van der Waals surface area contributed by atoms with Gasteiger partial charge in [-0.15, -0.1) is 0 Å². The molecule has 1 saturated heterocycles. The predicted molar refractivity (Wildman–Crippen MR) is 85.5 cm³/mol. The topological polar surface area (TPSA) is 44.7 Å². The highest BCUT2D eigenvalue weighted by molar-refractivity contribution is 5.28. The monoisotopic (exact) mass is 292 g/mol. The van der Waals surface area contributed by atoms with E-state index in [1.54, 1.807) is 0 Å². The van der Waals surface area contributed by atoms with Crippen molar-refractivity contribution in [1.29, 1.82) is 0 Å². The zero-order chi connectivity index (χ0) is 15.1. The van der Waals surface area contributed by atoms with Gasteiger partial charge in [0.05, 0.1) is 19.3 Å². The normalized spacial score (nSPS) is 21.4. The fraction of sp³-hybridized carbons (Fsp3) is 0.647. The minimum Gasteiger partial charge on any atom is -0.394 e. The Morgan fingerprint density at radius 3 is 2.95 bits per heavy atom. The summed E-state index contributed by atoms with van der Waals surface area (Å²) < 4.78 is 5.51. The lowest BCUT2D eigenvalue weighted by Crippen LogP contribution is -2.45. The van der Waals surface area contributed by atoms with E-state index in [1.165, 1.54) is 11.1 Å². The summed E-state index contributed by atoms with van der Waals surface area (Å²) in [6.07, 6.45) is 1.06. The molecule has 118 valence electrons. The van der Waals surface area contributed by atoms with Crippen LogP contribution in [0.15, 0.2) is 24.3 Å². The maximum absolute atomic E-state index is 9.22. The van der Waals surface area contributed by atoms with Crippen LogP contribution in [-0.4, -0.2) is 55.5 Å². The van der Waals surface area contributed by atoms with Crippen molar-refractivity contribution in [2.75, 3.05) is 39.4 Å². The average molecular weight is 292 g/mol. The van der Waals surface area contributed by atoms with Gasteiger partial charge in [0.1, 0.15) is 0 Å². The van der Waals surface area contributed by atoms with Crippen LogP contribution in [0.1, 0.15) is 30.5 Å². The summed E-state index contributed by atoms with van der Waals surface area (Å²) >= 11 is 0. The lowest BCUT2D eigenvalue weighted by molar-refractivity contribution is -0.0533. The van der Waals surface area contributed by atoms with Crippen molar-refractivity contribution in [3.05, 3.63) is 35.4 Å². The largest absolute Gasteiger partial charge is 0.394 e. The maximum Gasteiger partial charge on any atom is 0.0932 e. The van der Waals surface area contributed by atoms with E-state index in [2.05, 4.69) is 48.3 Å².